The van der Waals surface area contributed by atoms with Crippen LogP contribution in [-0.4, -0.2) is 31.6 Å². The maximum atomic E-state index is 12.3. The van der Waals surface area contributed by atoms with Crippen molar-refractivity contribution in [2.75, 3.05) is 24.8 Å². The molecule has 2 rings (SSSR count). The van der Waals surface area contributed by atoms with Gasteiger partial charge in [-0.25, -0.2) is 0 Å². The fourth-order valence-corrected chi connectivity index (χ4v) is 2.56. The molecule has 8 heteroatoms. The second-order valence-electron chi connectivity index (χ2n) is 4.91. The third-order valence-corrected chi connectivity index (χ3v) is 3.99. The molecule has 2 aromatic rings. The largest absolute Gasteiger partial charge is 0.497 e. The lowest BCUT2D eigenvalue weighted by Gasteiger charge is -2.13. The molecule has 1 N–H and O–H groups in total. The van der Waals surface area contributed by atoms with Crippen molar-refractivity contribution in [1.29, 1.82) is 0 Å². The van der Waals surface area contributed by atoms with E-state index in [2.05, 4.69) is 5.32 Å². The molecule has 0 unspecified atom stereocenters. The van der Waals surface area contributed by atoms with Gasteiger partial charge in [-0.3, -0.25) is 4.79 Å². The number of hydrogen-bond donors (Lipinski definition) is 1. The van der Waals surface area contributed by atoms with Gasteiger partial charge in [0.2, 0.25) is 5.91 Å². The Kier molecular flexibility index (Phi) is 6.58. The third-order valence-electron chi connectivity index (χ3n) is 2.98. The molecular weight excluding hydrogens is 355 g/mol. The van der Waals surface area contributed by atoms with Crippen LogP contribution in [0.1, 0.15) is 0 Å². The summed E-state index contributed by atoms with van der Waals surface area (Å²) in [6, 6.07) is 13.2. The summed E-state index contributed by atoms with van der Waals surface area (Å²) >= 11 is 1.30. The molecule has 0 atom stereocenters. The van der Waals surface area contributed by atoms with Gasteiger partial charge in [0, 0.05) is 4.90 Å². The van der Waals surface area contributed by atoms with Crippen LogP contribution in [0.4, 0.5) is 18.9 Å². The average Bonchev–Trinajstić information content (AvgIpc) is 2.59. The number of carbonyl (C=O) groups is 1. The van der Waals surface area contributed by atoms with E-state index in [1.807, 2.05) is 12.1 Å². The van der Waals surface area contributed by atoms with E-state index in [-0.39, 0.29) is 23.1 Å². The second-order valence-corrected chi connectivity index (χ2v) is 5.96. The van der Waals surface area contributed by atoms with E-state index in [0.29, 0.717) is 5.75 Å². The Balaban J connectivity index is 1.91. The van der Waals surface area contributed by atoms with Crippen molar-refractivity contribution >= 4 is 23.4 Å². The van der Waals surface area contributed by atoms with Gasteiger partial charge in [-0.1, -0.05) is 12.1 Å². The predicted octanol–water partition coefficient (Wildman–Crippen LogP) is 4.37. The van der Waals surface area contributed by atoms with Gasteiger partial charge in [0.15, 0.2) is 6.61 Å². The Labute approximate surface area is 147 Å². The van der Waals surface area contributed by atoms with Crippen LogP contribution in [0.2, 0.25) is 0 Å². The van der Waals surface area contributed by atoms with Crippen molar-refractivity contribution in [3.05, 3.63) is 48.5 Å². The molecule has 0 heterocycles. The number of hydrogen-bond acceptors (Lipinski definition) is 4. The summed E-state index contributed by atoms with van der Waals surface area (Å²) in [4.78, 5) is 12.9. The Hall–Kier alpha value is -2.35. The van der Waals surface area contributed by atoms with Crippen LogP contribution < -0.4 is 14.8 Å². The van der Waals surface area contributed by atoms with Crippen molar-refractivity contribution < 1.29 is 27.4 Å². The first-order chi connectivity index (χ1) is 11.9. The number of alkyl halides is 3. The van der Waals surface area contributed by atoms with Crippen molar-refractivity contribution in [1.82, 2.24) is 0 Å². The maximum absolute atomic E-state index is 12.3. The van der Waals surface area contributed by atoms with Gasteiger partial charge in [0.25, 0.3) is 0 Å². The normalized spacial score (nSPS) is 11.0. The summed E-state index contributed by atoms with van der Waals surface area (Å²) in [6.45, 7) is -1.42. The number of methoxy groups -OCH3 is 1. The Bertz CT molecular complexity index is 705. The van der Waals surface area contributed by atoms with Crippen LogP contribution >= 0.6 is 11.8 Å². The van der Waals surface area contributed by atoms with Crippen molar-refractivity contribution in [2.24, 2.45) is 0 Å². The van der Waals surface area contributed by atoms with Gasteiger partial charge >= 0.3 is 6.18 Å². The SMILES string of the molecule is COc1ccc(SCC(=O)Nc2ccccc2OCC(F)(F)F)cc1. The molecule has 0 saturated heterocycles. The molecule has 0 radical (unpaired) electrons. The minimum atomic E-state index is -4.44. The first-order valence-electron chi connectivity index (χ1n) is 7.22. The van der Waals surface area contributed by atoms with Gasteiger partial charge < -0.3 is 14.8 Å². The number of thioether (sulfide) groups is 1. The van der Waals surface area contributed by atoms with Gasteiger partial charge in [-0.05, 0) is 36.4 Å². The highest BCUT2D eigenvalue weighted by Gasteiger charge is 2.28. The van der Waals surface area contributed by atoms with Crippen LogP contribution in [0.15, 0.2) is 53.4 Å². The third kappa shape index (κ3) is 6.58. The average molecular weight is 371 g/mol. The van der Waals surface area contributed by atoms with Crippen LogP contribution in [0, 0.1) is 0 Å². The van der Waals surface area contributed by atoms with Crippen molar-refractivity contribution in [3.63, 3.8) is 0 Å². The number of carbonyl (C=O) groups excluding carboxylic acids is 1. The van der Waals surface area contributed by atoms with E-state index >= 15 is 0 Å². The minimum absolute atomic E-state index is 0.0253. The van der Waals surface area contributed by atoms with Gasteiger partial charge in [-0.15, -0.1) is 11.8 Å². The molecule has 0 spiro atoms. The molecular formula is C17H16F3NO3S. The van der Waals surface area contributed by atoms with E-state index in [4.69, 9.17) is 9.47 Å². The summed E-state index contributed by atoms with van der Waals surface area (Å²) in [5.74, 6) is 0.455. The summed E-state index contributed by atoms with van der Waals surface area (Å²) in [5, 5.41) is 2.56. The quantitative estimate of drug-likeness (QED) is 0.735. The monoisotopic (exact) mass is 371 g/mol. The zero-order valence-electron chi connectivity index (χ0n) is 13.3. The zero-order valence-corrected chi connectivity index (χ0v) is 14.1. The first kappa shape index (κ1) is 19.0. The molecule has 0 saturated carbocycles. The fraction of sp³-hybridized carbons (Fsp3) is 0.235. The molecule has 0 aliphatic carbocycles. The summed E-state index contributed by atoms with van der Waals surface area (Å²) in [5.41, 5.74) is 0.201. The number of ether oxygens (including phenoxy) is 2. The zero-order chi connectivity index (χ0) is 18.3. The fourth-order valence-electron chi connectivity index (χ4n) is 1.86. The Morgan fingerprint density at radius 2 is 1.80 bits per heavy atom. The highest BCUT2D eigenvalue weighted by molar-refractivity contribution is 8.00. The highest BCUT2D eigenvalue weighted by atomic mass is 32.2. The van der Waals surface area contributed by atoms with E-state index in [1.54, 1.807) is 25.3 Å². The standard InChI is InChI=1S/C17H16F3NO3S/c1-23-12-6-8-13(9-7-12)25-10-16(22)21-14-4-2-3-5-15(14)24-11-17(18,19)20/h2-9H,10-11H2,1H3,(H,21,22). The Morgan fingerprint density at radius 1 is 1.12 bits per heavy atom. The lowest BCUT2D eigenvalue weighted by molar-refractivity contribution is -0.153. The van der Waals surface area contributed by atoms with Crippen LogP contribution in [0.3, 0.4) is 0 Å². The van der Waals surface area contributed by atoms with Crippen molar-refractivity contribution in [3.8, 4) is 11.5 Å². The molecule has 134 valence electrons. The lowest BCUT2D eigenvalue weighted by Crippen LogP contribution is -2.20. The molecule has 0 aliphatic rings. The minimum Gasteiger partial charge on any atom is -0.497 e. The number of anilines is 1. The number of nitrogens with one attached hydrogen (secondary N) is 1. The summed E-state index contributed by atoms with van der Waals surface area (Å²) in [6.07, 6.45) is -4.44. The highest BCUT2D eigenvalue weighted by Crippen LogP contribution is 2.27. The summed E-state index contributed by atoms with van der Waals surface area (Å²) in [7, 11) is 1.56. The van der Waals surface area contributed by atoms with Crippen LogP contribution in [0.5, 0.6) is 11.5 Å². The van der Waals surface area contributed by atoms with E-state index in [9.17, 15) is 18.0 Å². The topological polar surface area (TPSA) is 47.6 Å². The molecule has 0 aromatic heterocycles. The molecule has 4 nitrogen and oxygen atoms in total. The van der Waals surface area contributed by atoms with Gasteiger partial charge in [0.1, 0.15) is 11.5 Å². The second kappa shape index (κ2) is 8.66. The predicted molar refractivity (Wildman–Crippen MR) is 90.3 cm³/mol. The number of rotatable bonds is 7. The number of benzene rings is 2. The molecule has 2 aromatic carbocycles. The van der Waals surface area contributed by atoms with E-state index < -0.39 is 12.8 Å². The number of para-hydroxylation sites is 2. The molecule has 0 bridgehead atoms. The van der Waals surface area contributed by atoms with Crippen LogP contribution in [-0.2, 0) is 4.79 Å². The first-order valence-corrected chi connectivity index (χ1v) is 8.21. The molecule has 0 fully saturated rings. The van der Waals surface area contributed by atoms with Gasteiger partial charge in [0.05, 0.1) is 18.6 Å². The maximum Gasteiger partial charge on any atom is 0.422 e. The van der Waals surface area contributed by atoms with Crippen molar-refractivity contribution in [2.45, 2.75) is 11.1 Å². The number of halogens is 3. The lowest BCUT2D eigenvalue weighted by atomic mass is 10.3. The smallest absolute Gasteiger partial charge is 0.422 e. The van der Waals surface area contributed by atoms with E-state index in [0.717, 1.165) is 4.90 Å². The molecule has 1 amide bonds. The Morgan fingerprint density at radius 3 is 2.44 bits per heavy atom. The summed E-state index contributed by atoms with van der Waals surface area (Å²) < 4.78 is 46.6. The molecule has 25 heavy (non-hydrogen) atoms. The van der Waals surface area contributed by atoms with E-state index in [1.165, 1.54) is 30.0 Å². The van der Waals surface area contributed by atoms with Gasteiger partial charge in [-0.2, -0.15) is 13.2 Å². The van der Waals surface area contributed by atoms with Crippen LogP contribution in [0.25, 0.3) is 0 Å². The number of amides is 1. The molecule has 0 aliphatic heterocycles.